The van der Waals surface area contributed by atoms with E-state index in [4.69, 9.17) is 0 Å². The van der Waals surface area contributed by atoms with E-state index in [0.717, 1.165) is 27.5 Å². The van der Waals surface area contributed by atoms with E-state index in [9.17, 15) is 4.39 Å². The van der Waals surface area contributed by atoms with Crippen molar-refractivity contribution in [1.29, 1.82) is 0 Å². The van der Waals surface area contributed by atoms with Crippen molar-refractivity contribution in [2.24, 2.45) is 0 Å². The molecule has 0 aliphatic heterocycles. The second kappa shape index (κ2) is 7.34. The van der Waals surface area contributed by atoms with Crippen LogP contribution in [0.4, 0.5) is 4.39 Å². The Morgan fingerprint density at radius 1 is 1.05 bits per heavy atom. The Balaban J connectivity index is 2.22. The van der Waals surface area contributed by atoms with Crippen molar-refractivity contribution in [3.8, 4) is 0 Å². The molecule has 1 N–H and O–H groups in total. The van der Waals surface area contributed by atoms with Crippen molar-refractivity contribution < 1.29 is 4.39 Å². The molecule has 1 nitrogen and oxygen atoms in total. The average Bonchev–Trinajstić information content (AvgIpc) is 2.38. The first kappa shape index (κ1) is 15.7. The molecule has 0 amide bonds. The zero-order valence-corrected chi connectivity index (χ0v) is 14.3. The minimum Gasteiger partial charge on any atom is -0.310 e. The molecule has 0 fully saturated rings. The molecule has 0 aliphatic rings. The molecule has 0 spiro atoms. The third-order valence-electron chi connectivity index (χ3n) is 3.09. The van der Waals surface area contributed by atoms with E-state index in [0.29, 0.717) is 0 Å². The molecule has 2 aromatic rings. The predicted molar refractivity (Wildman–Crippen MR) is 88.4 cm³/mol. The molecule has 2 rings (SSSR count). The van der Waals surface area contributed by atoms with E-state index < -0.39 is 0 Å². The topological polar surface area (TPSA) is 12.0 Å². The van der Waals surface area contributed by atoms with Crippen LogP contribution in [-0.2, 0) is 6.42 Å². The second-order valence-electron chi connectivity index (χ2n) is 4.64. The van der Waals surface area contributed by atoms with Gasteiger partial charge in [-0.3, -0.25) is 0 Å². The Hall–Kier alpha value is -0.710. The molecule has 0 aromatic heterocycles. The monoisotopic (exact) mass is 399 g/mol. The number of likely N-dealkylation sites (N-methyl/N-ethyl adjacent to an activating group) is 1. The maximum absolute atomic E-state index is 13.5. The van der Waals surface area contributed by atoms with Crippen LogP contribution in [0.1, 0.15) is 24.1 Å². The summed E-state index contributed by atoms with van der Waals surface area (Å²) in [5.74, 6) is -0.208. The zero-order valence-electron chi connectivity index (χ0n) is 11.2. The van der Waals surface area contributed by atoms with Gasteiger partial charge in [0.15, 0.2) is 0 Å². The van der Waals surface area contributed by atoms with Gasteiger partial charge in [-0.2, -0.15) is 0 Å². The van der Waals surface area contributed by atoms with Crippen LogP contribution in [0.2, 0.25) is 0 Å². The lowest BCUT2D eigenvalue weighted by Gasteiger charge is -2.19. The molecule has 0 aliphatic carbocycles. The van der Waals surface area contributed by atoms with E-state index in [2.05, 4.69) is 56.2 Å². The predicted octanol–water partition coefficient (Wildman–Crippen LogP) is 5.24. The normalized spacial score (nSPS) is 12.4. The number of hydrogen-bond acceptors (Lipinski definition) is 1. The van der Waals surface area contributed by atoms with Gasteiger partial charge in [0.2, 0.25) is 0 Å². The number of benzene rings is 2. The fourth-order valence-corrected chi connectivity index (χ4v) is 2.99. The SMILES string of the molecule is CCNC(Cc1cc(F)cc(Br)c1)c1ccc(Br)cc1. The summed E-state index contributed by atoms with van der Waals surface area (Å²) in [6.45, 7) is 2.95. The van der Waals surface area contributed by atoms with Gasteiger partial charge in [0.1, 0.15) is 5.82 Å². The minimum atomic E-state index is -0.208. The van der Waals surface area contributed by atoms with Gasteiger partial charge in [-0.25, -0.2) is 4.39 Å². The standard InChI is InChI=1S/C16H16Br2FN/c1-2-20-16(12-3-5-13(17)6-4-12)9-11-7-14(18)10-15(19)8-11/h3-8,10,16,20H,2,9H2,1H3. The number of nitrogens with one attached hydrogen (secondary N) is 1. The molecule has 1 unspecified atom stereocenters. The van der Waals surface area contributed by atoms with Gasteiger partial charge in [0.25, 0.3) is 0 Å². The summed E-state index contributed by atoms with van der Waals surface area (Å²) >= 11 is 6.78. The maximum Gasteiger partial charge on any atom is 0.124 e. The minimum absolute atomic E-state index is 0.182. The van der Waals surface area contributed by atoms with Crippen molar-refractivity contribution in [1.82, 2.24) is 5.32 Å². The van der Waals surface area contributed by atoms with Crippen molar-refractivity contribution in [3.05, 3.63) is 68.4 Å². The number of hydrogen-bond donors (Lipinski definition) is 1. The van der Waals surface area contributed by atoms with Crippen molar-refractivity contribution >= 4 is 31.9 Å². The van der Waals surface area contributed by atoms with E-state index in [-0.39, 0.29) is 11.9 Å². The highest BCUT2D eigenvalue weighted by atomic mass is 79.9. The molecule has 0 saturated carbocycles. The van der Waals surface area contributed by atoms with Gasteiger partial charge in [-0.1, -0.05) is 50.9 Å². The molecule has 2 aromatic carbocycles. The highest BCUT2D eigenvalue weighted by molar-refractivity contribution is 9.10. The van der Waals surface area contributed by atoms with Crippen LogP contribution in [0.15, 0.2) is 51.4 Å². The van der Waals surface area contributed by atoms with E-state index in [1.807, 2.05) is 18.2 Å². The highest BCUT2D eigenvalue weighted by Crippen LogP contribution is 2.23. The molecule has 106 valence electrons. The van der Waals surface area contributed by atoms with Crippen molar-refractivity contribution in [3.63, 3.8) is 0 Å². The fraction of sp³-hybridized carbons (Fsp3) is 0.250. The van der Waals surface area contributed by atoms with Gasteiger partial charge in [0.05, 0.1) is 0 Å². The molecule has 4 heteroatoms. The van der Waals surface area contributed by atoms with Crippen molar-refractivity contribution in [2.75, 3.05) is 6.54 Å². The van der Waals surface area contributed by atoms with Crippen LogP contribution in [0.25, 0.3) is 0 Å². The summed E-state index contributed by atoms with van der Waals surface area (Å²) in [5, 5.41) is 3.45. The second-order valence-corrected chi connectivity index (χ2v) is 6.47. The summed E-state index contributed by atoms with van der Waals surface area (Å²) in [4.78, 5) is 0. The Morgan fingerprint density at radius 3 is 2.35 bits per heavy atom. The Morgan fingerprint density at radius 2 is 1.75 bits per heavy atom. The number of halogens is 3. The lowest BCUT2D eigenvalue weighted by atomic mass is 9.99. The first-order chi connectivity index (χ1) is 9.58. The largest absolute Gasteiger partial charge is 0.310 e. The van der Waals surface area contributed by atoms with Gasteiger partial charge >= 0.3 is 0 Å². The third kappa shape index (κ3) is 4.40. The van der Waals surface area contributed by atoms with Gasteiger partial charge in [-0.05, 0) is 54.4 Å². The molecular formula is C16H16Br2FN. The molecule has 0 bridgehead atoms. The third-order valence-corrected chi connectivity index (χ3v) is 4.07. The van der Waals surface area contributed by atoms with Gasteiger partial charge in [-0.15, -0.1) is 0 Å². The quantitative estimate of drug-likeness (QED) is 0.723. The Labute approximate surface area is 135 Å². The van der Waals surface area contributed by atoms with Crippen LogP contribution in [0.3, 0.4) is 0 Å². The fourth-order valence-electron chi connectivity index (χ4n) is 2.21. The molecule has 0 saturated heterocycles. The zero-order chi connectivity index (χ0) is 14.5. The van der Waals surface area contributed by atoms with E-state index in [1.54, 1.807) is 6.07 Å². The summed E-state index contributed by atoms with van der Waals surface area (Å²) in [7, 11) is 0. The molecule has 1 atom stereocenters. The molecule has 0 radical (unpaired) electrons. The highest BCUT2D eigenvalue weighted by Gasteiger charge is 2.12. The van der Waals surface area contributed by atoms with E-state index in [1.165, 1.54) is 11.6 Å². The Kier molecular flexibility index (Phi) is 5.75. The summed E-state index contributed by atoms with van der Waals surface area (Å²) in [6, 6.07) is 13.5. The Bertz CT molecular complexity index is 549. The van der Waals surface area contributed by atoms with E-state index >= 15 is 0 Å². The molecule has 20 heavy (non-hydrogen) atoms. The van der Waals surface area contributed by atoms with Crippen LogP contribution in [-0.4, -0.2) is 6.54 Å². The smallest absolute Gasteiger partial charge is 0.124 e. The summed E-state index contributed by atoms with van der Waals surface area (Å²) < 4.78 is 15.3. The lowest BCUT2D eigenvalue weighted by Crippen LogP contribution is -2.23. The average molecular weight is 401 g/mol. The summed E-state index contributed by atoms with van der Waals surface area (Å²) in [5.41, 5.74) is 2.18. The first-order valence-electron chi connectivity index (χ1n) is 6.52. The van der Waals surface area contributed by atoms with Crippen LogP contribution in [0.5, 0.6) is 0 Å². The van der Waals surface area contributed by atoms with Crippen LogP contribution >= 0.6 is 31.9 Å². The lowest BCUT2D eigenvalue weighted by molar-refractivity contribution is 0.546. The van der Waals surface area contributed by atoms with Crippen LogP contribution < -0.4 is 5.32 Å². The maximum atomic E-state index is 13.5. The van der Waals surface area contributed by atoms with Gasteiger partial charge in [0, 0.05) is 15.0 Å². The number of rotatable bonds is 5. The molecule has 0 heterocycles. The van der Waals surface area contributed by atoms with Crippen molar-refractivity contribution in [2.45, 2.75) is 19.4 Å². The first-order valence-corrected chi connectivity index (χ1v) is 8.11. The van der Waals surface area contributed by atoms with Gasteiger partial charge < -0.3 is 5.32 Å². The summed E-state index contributed by atoms with van der Waals surface area (Å²) in [6.07, 6.45) is 0.756. The van der Waals surface area contributed by atoms with Crippen LogP contribution in [0, 0.1) is 5.82 Å². The molecular weight excluding hydrogens is 385 g/mol.